The highest BCUT2D eigenvalue weighted by atomic mass is 16.2. The molecule has 0 radical (unpaired) electrons. The summed E-state index contributed by atoms with van der Waals surface area (Å²) < 4.78 is 1.85. The fourth-order valence-corrected chi connectivity index (χ4v) is 5.33. The standard InChI is InChI=1S/C26H35N3O3/c1-2-29(20-12-6-5-7-13-20)26(32)25(31)22-18-28(23-15-9-8-14-21(22)23)19-24(30)27-16-10-3-4-11-17-27/h8-9,14-15,18,20H,2-7,10-13,16-17,19H2,1H3. The number of likely N-dealkylation sites (N-methyl/N-ethyl adjacent to an activating group) is 1. The summed E-state index contributed by atoms with van der Waals surface area (Å²) in [5.74, 6) is -0.800. The number of hydrogen-bond acceptors (Lipinski definition) is 3. The van der Waals surface area contributed by atoms with Crippen LogP contribution >= 0.6 is 0 Å². The van der Waals surface area contributed by atoms with Crippen molar-refractivity contribution in [2.75, 3.05) is 19.6 Å². The monoisotopic (exact) mass is 437 g/mol. The molecule has 6 heteroatoms. The van der Waals surface area contributed by atoms with Gasteiger partial charge in [-0.2, -0.15) is 0 Å². The summed E-state index contributed by atoms with van der Waals surface area (Å²) in [5.41, 5.74) is 1.23. The number of nitrogens with zero attached hydrogens (tertiary/aromatic N) is 3. The number of ketones is 1. The normalized spacial score (nSPS) is 17.8. The van der Waals surface area contributed by atoms with Crippen LogP contribution in [0.25, 0.3) is 10.9 Å². The molecule has 172 valence electrons. The second-order valence-electron chi connectivity index (χ2n) is 9.19. The highest BCUT2D eigenvalue weighted by Crippen LogP contribution is 2.26. The van der Waals surface area contributed by atoms with Gasteiger partial charge in [-0.3, -0.25) is 14.4 Å². The first-order valence-electron chi connectivity index (χ1n) is 12.3. The quantitative estimate of drug-likeness (QED) is 0.497. The van der Waals surface area contributed by atoms with Crippen molar-refractivity contribution in [3.8, 4) is 0 Å². The number of rotatable bonds is 6. The van der Waals surface area contributed by atoms with Gasteiger partial charge in [-0.25, -0.2) is 0 Å². The summed E-state index contributed by atoms with van der Waals surface area (Å²) in [5, 5.41) is 0.745. The van der Waals surface area contributed by atoms with E-state index in [9.17, 15) is 14.4 Å². The van der Waals surface area contributed by atoms with Crippen molar-refractivity contribution < 1.29 is 14.4 Å². The Morgan fingerprint density at radius 2 is 1.59 bits per heavy atom. The van der Waals surface area contributed by atoms with E-state index < -0.39 is 11.7 Å². The minimum atomic E-state index is -0.463. The molecule has 1 aromatic carbocycles. The zero-order valence-corrected chi connectivity index (χ0v) is 19.2. The maximum atomic E-state index is 13.3. The van der Waals surface area contributed by atoms with Gasteiger partial charge < -0.3 is 14.4 Å². The second-order valence-corrected chi connectivity index (χ2v) is 9.19. The van der Waals surface area contributed by atoms with Gasteiger partial charge in [0.25, 0.3) is 11.7 Å². The Labute approximate surface area is 190 Å². The molecule has 0 N–H and O–H groups in total. The second kappa shape index (κ2) is 10.3. The van der Waals surface area contributed by atoms with Gasteiger partial charge in [0.1, 0.15) is 6.54 Å². The van der Waals surface area contributed by atoms with Gasteiger partial charge in [0.05, 0.1) is 5.56 Å². The van der Waals surface area contributed by atoms with Gasteiger partial charge in [0.2, 0.25) is 5.91 Å². The van der Waals surface area contributed by atoms with E-state index in [0.29, 0.717) is 12.1 Å². The van der Waals surface area contributed by atoms with Crippen molar-refractivity contribution in [2.45, 2.75) is 77.3 Å². The number of Topliss-reactive ketones (excluding diaryl/α,β-unsaturated/α-hetero) is 1. The van der Waals surface area contributed by atoms with Gasteiger partial charge >= 0.3 is 0 Å². The summed E-state index contributed by atoms with van der Waals surface area (Å²) in [6.45, 7) is 4.29. The minimum Gasteiger partial charge on any atom is -0.341 e. The Balaban J connectivity index is 1.58. The predicted octanol–water partition coefficient (Wildman–Crippen LogP) is 4.41. The van der Waals surface area contributed by atoms with Crippen LogP contribution in [0.4, 0.5) is 0 Å². The first kappa shape index (κ1) is 22.6. The molecule has 2 aliphatic rings. The first-order valence-corrected chi connectivity index (χ1v) is 12.3. The highest BCUT2D eigenvalue weighted by molar-refractivity contribution is 6.45. The average Bonchev–Trinajstić information content (AvgIpc) is 2.99. The minimum absolute atomic E-state index is 0.0790. The summed E-state index contributed by atoms with van der Waals surface area (Å²) in [4.78, 5) is 43.3. The van der Waals surface area contributed by atoms with Crippen LogP contribution in [0.15, 0.2) is 30.5 Å². The number of aromatic nitrogens is 1. The van der Waals surface area contributed by atoms with Crippen LogP contribution in [-0.4, -0.2) is 57.6 Å². The zero-order valence-electron chi connectivity index (χ0n) is 19.2. The Morgan fingerprint density at radius 3 is 2.28 bits per heavy atom. The summed E-state index contributed by atoms with van der Waals surface area (Å²) in [6, 6.07) is 7.74. The molecule has 32 heavy (non-hydrogen) atoms. The lowest BCUT2D eigenvalue weighted by molar-refractivity contribution is -0.131. The molecule has 6 nitrogen and oxygen atoms in total. The number of hydrogen-bond donors (Lipinski definition) is 0. The molecule has 2 heterocycles. The van der Waals surface area contributed by atoms with E-state index in [2.05, 4.69) is 0 Å². The number of likely N-dealkylation sites (tertiary alicyclic amines) is 1. The molecule has 0 bridgehead atoms. The molecular weight excluding hydrogens is 402 g/mol. The number of carbonyl (C=O) groups excluding carboxylic acids is 3. The third kappa shape index (κ3) is 4.74. The van der Waals surface area contributed by atoms with Gasteiger partial charge in [0.15, 0.2) is 0 Å². The summed E-state index contributed by atoms with van der Waals surface area (Å²) >= 11 is 0. The van der Waals surface area contributed by atoms with Gasteiger partial charge in [0, 0.05) is 42.8 Å². The molecule has 1 saturated carbocycles. The van der Waals surface area contributed by atoms with Crippen molar-refractivity contribution in [2.24, 2.45) is 0 Å². The van der Waals surface area contributed by atoms with Crippen molar-refractivity contribution in [3.63, 3.8) is 0 Å². The molecule has 2 amide bonds. The third-order valence-electron chi connectivity index (χ3n) is 7.11. The Hall–Kier alpha value is -2.63. The predicted molar refractivity (Wildman–Crippen MR) is 126 cm³/mol. The molecule has 0 spiro atoms. The fraction of sp³-hybridized carbons (Fsp3) is 0.577. The molecule has 1 aromatic heterocycles. The molecule has 0 atom stereocenters. The van der Waals surface area contributed by atoms with Crippen LogP contribution in [0.2, 0.25) is 0 Å². The SMILES string of the molecule is CCN(C(=O)C(=O)c1cn(CC(=O)N2CCCCCC2)c2ccccc12)C1CCCCC1. The van der Waals surface area contributed by atoms with Crippen molar-refractivity contribution >= 4 is 28.5 Å². The number of benzene rings is 1. The third-order valence-corrected chi connectivity index (χ3v) is 7.11. The van der Waals surface area contributed by atoms with E-state index in [1.165, 1.54) is 19.3 Å². The molecule has 1 saturated heterocycles. The lowest BCUT2D eigenvalue weighted by atomic mass is 9.93. The number of para-hydroxylation sites is 1. The van der Waals surface area contributed by atoms with Crippen LogP contribution in [0.5, 0.6) is 0 Å². The van der Waals surface area contributed by atoms with Crippen LogP contribution in [0, 0.1) is 0 Å². The molecule has 1 aliphatic heterocycles. The Bertz CT molecular complexity index is 966. The van der Waals surface area contributed by atoms with Gasteiger partial charge in [-0.15, -0.1) is 0 Å². The van der Waals surface area contributed by atoms with E-state index >= 15 is 0 Å². The Morgan fingerprint density at radius 1 is 0.938 bits per heavy atom. The molecule has 4 rings (SSSR count). The largest absolute Gasteiger partial charge is 0.341 e. The number of fused-ring (bicyclic) bond motifs is 1. The van der Waals surface area contributed by atoms with Crippen molar-refractivity contribution in [3.05, 3.63) is 36.0 Å². The van der Waals surface area contributed by atoms with Gasteiger partial charge in [-0.05, 0) is 38.7 Å². The molecule has 2 aromatic rings. The van der Waals surface area contributed by atoms with Crippen LogP contribution in [0.3, 0.4) is 0 Å². The van der Waals surface area contributed by atoms with Crippen LogP contribution in [0.1, 0.15) is 75.1 Å². The van der Waals surface area contributed by atoms with Crippen molar-refractivity contribution in [1.82, 2.24) is 14.4 Å². The topological polar surface area (TPSA) is 62.6 Å². The van der Waals surface area contributed by atoms with E-state index in [4.69, 9.17) is 0 Å². The number of carbonyl (C=O) groups is 3. The van der Waals surface area contributed by atoms with E-state index in [0.717, 1.165) is 62.5 Å². The summed E-state index contributed by atoms with van der Waals surface area (Å²) in [6.07, 6.45) is 11.5. The van der Waals surface area contributed by atoms with E-state index in [-0.39, 0.29) is 18.5 Å². The smallest absolute Gasteiger partial charge is 0.295 e. The van der Waals surface area contributed by atoms with Crippen LogP contribution < -0.4 is 0 Å². The number of amides is 2. The zero-order chi connectivity index (χ0) is 22.5. The molecule has 2 fully saturated rings. The fourth-order valence-electron chi connectivity index (χ4n) is 5.33. The maximum absolute atomic E-state index is 13.3. The molecule has 0 unspecified atom stereocenters. The van der Waals surface area contributed by atoms with Crippen LogP contribution in [-0.2, 0) is 16.1 Å². The van der Waals surface area contributed by atoms with E-state index in [1.54, 1.807) is 11.1 Å². The molecule has 1 aliphatic carbocycles. The highest BCUT2D eigenvalue weighted by Gasteiger charge is 2.31. The van der Waals surface area contributed by atoms with Gasteiger partial charge in [-0.1, -0.05) is 50.3 Å². The first-order chi connectivity index (χ1) is 15.6. The Kier molecular flexibility index (Phi) is 7.28. The van der Waals surface area contributed by atoms with E-state index in [1.807, 2.05) is 40.7 Å². The summed E-state index contributed by atoms with van der Waals surface area (Å²) in [7, 11) is 0. The molecular formula is C26H35N3O3. The average molecular weight is 438 g/mol. The maximum Gasteiger partial charge on any atom is 0.295 e. The lowest BCUT2D eigenvalue weighted by Gasteiger charge is -2.33. The van der Waals surface area contributed by atoms with Crippen molar-refractivity contribution in [1.29, 1.82) is 0 Å². The lowest BCUT2D eigenvalue weighted by Crippen LogP contribution is -2.44.